The fraction of sp³-hybridized carbons (Fsp3) is 0.231. The molecule has 0 radical (unpaired) electrons. The summed E-state index contributed by atoms with van der Waals surface area (Å²) >= 11 is 0. The van der Waals surface area contributed by atoms with Crippen molar-refractivity contribution < 1.29 is 22.6 Å². The van der Waals surface area contributed by atoms with E-state index in [4.69, 9.17) is 15.3 Å². The molecule has 1 heterocycles. The zero-order valence-electron chi connectivity index (χ0n) is 11.5. The van der Waals surface area contributed by atoms with Crippen LogP contribution in [0.1, 0.15) is 5.56 Å². The van der Waals surface area contributed by atoms with Gasteiger partial charge in [-0.15, -0.1) is 0 Å². The van der Waals surface area contributed by atoms with E-state index < -0.39 is 11.7 Å². The fourth-order valence-corrected chi connectivity index (χ4v) is 1.78. The molecule has 3 N–H and O–H groups in total. The van der Waals surface area contributed by atoms with Gasteiger partial charge < -0.3 is 14.9 Å². The van der Waals surface area contributed by atoms with Gasteiger partial charge in [-0.3, -0.25) is 4.98 Å². The Morgan fingerprint density at radius 2 is 1.95 bits per heavy atom. The first-order valence-corrected chi connectivity index (χ1v) is 6.08. The SMILES string of the molecule is COCOc1cc(C(F)(F)F)ccc1-c1nccnc1NN. The van der Waals surface area contributed by atoms with Gasteiger partial charge in [-0.05, 0) is 18.2 Å². The van der Waals surface area contributed by atoms with Crippen LogP contribution in [0, 0.1) is 0 Å². The highest BCUT2D eigenvalue weighted by atomic mass is 19.4. The molecule has 6 nitrogen and oxygen atoms in total. The molecule has 2 aromatic rings. The van der Waals surface area contributed by atoms with Crippen LogP contribution in [0.25, 0.3) is 11.3 Å². The molecule has 9 heteroatoms. The lowest BCUT2D eigenvalue weighted by molar-refractivity contribution is -0.137. The number of nitrogens with zero attached hydrogens (tertiary/aromatic N) is 2. The van der Waals surface area contributed by atoms with Crippen LogP contribution >= 0.6 is 0 Å². The molecule has 1 aromatic heterocycles. The predicted molar refractivity (Wildman–Crippen MR) is 72.8 cm³/mol. The van der Waals surface area contributed by atoms with Gasteiger partial charge in [-0.2, -0.15) is 13.2 Å². The van der Waals surface area contributed by atoms with Crippen molar-refractivity contribution in [3.05, 3.63) is 36.2 Å². The predicted octanol–water partition coefficient (Wildman–Crippen LogP) is 2.43. The second kappa shape index (κ2) is 6.58. The average molecular weight is 314 g/mol. The number of hydrazine groups is 1. The number of alkyl halides is 3. The van der Waals surface area contributed by atoms with Crippen molar-refractivity contribution >= 4 is 5.82 Å². The second-order valence-electron chi connectivity index (χ2n) is 4.16. The van der Waals surface area contributed by atoms with Crippen molar-refractivity contribution in [2.45, 2.75) is 6.18 Å². The smallest absolute Gasteiger partial charge is 0.416 e. The van der Waals surface area contributed by atoms with Crippen molar-refractivity contribution in [1.82, 2.24) is 9.97 Å². The third kappa shape index (κ3) is 3.43. The van der Waals surface area contributed by atoms with Crippen LogP contribution < -0.4 is 16.0 Å². The van der Waals surface area contributed by atoms with E-state index in [1.54, 1.807) is 0 Å². The lowest BCUT2D eigenvalue weighted by atomic mass is 10.1. The Morgan fingerprint density at radius 1 is 1.23 bits per heavy atom. The van der Waals surface area contributed by atoms with Crippen LogP contribution in [0.15, 0.2) is 30.6 Å². The maximum absolute atomic E-state index is 12.8. The summed E-state index contributed by atoms with van der Waals surface area (Å²) in [6.45, 7) is -0.208. The van der Waals surface area contributed by atoms with E-state index in [1.165, 1.54) is 25.6 Å². The van der Waals surface area contributed by atoms with Crippen LogP contribution in [0.2, 0.25) is 0 Å². The molecule has 0 spiro atoms. The molecule has 2 rings (SSSR count). The van der Waals surface area contributed by atoms with Crippen LogP contribution in [-0.4, -0.2) is 23.9 Å². The molecule has 0 aliphatic rings. The highest BCUT2D eigenvalue weighted by Gasteiger charge is 2.31. The number of rotatable bonds is 5. The van der Waals surface area contributed by atoms with E-state index >= 15 is 0 Å². The largest absolute Gasteiger partial charge is 0.467 e. The molecule has 118 valence electrons. The first-order valence-electron chi connectivity index (χ1n) is 6.08. The van der Waals surface area contributed by atoms with Gasteiger partial charge in [0.1, 0.15) is 11.4 Å². The maximum atomic E-state index is 12.8. The van der Waals surface area contributed by atoms with Gasteiger partial charge in [-0.25, -0.2) is 10.8 Å². The minimum Gasteiger partial charge on any atom is -0.467 e. The van der Waals surface area contributed by atoms with Gasteiger partial charge in [0.05, 0.1) is 5.56 Å². The molecule has 0 fully saturated rings. The van der Waals surface area contributed by atoms with E-state index in [2.05, 4.69) is 15.4 Å². The number of hydrogen-bond acceptors (Lipinski definition) is 6. The number of nitrogens with two attached hydrogens (primary N) is 1. The number of ether oxygens (including phenoxy) is 2. The highest BCUT2D eigenvalue weighted by molar-refractivity contribution is 5.76. The summed E-state index contributed by atoms with van der Waals surface area (Å²) in [6, 6.07) is 3.06. The summed E-state index contributed by atoms with van der Waals surface area (Å²) in [6.07, 6.45) is -1.69. The van der Waals surface area contributed by atoms with Gasteiger partial charge in [0.2, 0.25) is 0 Å². The minimum atomic E-state index is -4.49. The molecule has 0 atom stereocenters. The molecule has 0 saturated carbocycles. The molecule has 0 amide bonds. The highest BCUT2D eigenvalue weighted by Crippen LogP contribution is 2.38. The average Bonchev–Trinajstić information content (AvgIpc) is 2.51. The summed E-state index contributed by atoms with van der Waals surface area (Å²) in [5.74, 6) is 5.52. The number of hydrogen-bond donors (Lipinski definition) is 2. The van der Waals surface area contributed by atoms with Crippen molar-refractivity contribution in [3.8, 4) is 17.0 Å². The molecule has 0 unspecified atom stereocenters. The second-order valence-corrected chi connectivity index (χ2v) is 4.16. The van der Waals surface area contributed by atoms with Gasteiger partial charge >= 0.3 is 6.18 Å². The monoisotopic (exact) mass is 314 g/mol. The number of aromatic nitrogens is 2. The van der Waals surface area contributed by atoms with Crippen molar-refractivity contribution in [1.29, 1.82) is 0 Å². The number of nitrogen functional groups attached to an aromatic ring is 1. The lowest BCUT2D eigenvalue weighted by Gasteiger charge is -2.15. The third-order valence-corrected chi connectivity index (χ3v) is 2.73. The number of anilines is 1. The standard InChI is InChI=1S/C13H13F3N4O2/c1-21-7-22-10-6-8(13(14,15)16)2-3-9(10)11-12(20-17)19-5-4-18-11/h2-6H,7,17H2,1H3,(H,19,20). The lowest BCUT2D eigenvalue weighted by Crippen LogP contribution is -2.11. The summed E-state index contributed by atoms with van der Waals surface area (Å²) in [4.78, 5) is 8.03. The van der Waals surface area contributed by atoms with Gasteiger partial charge in [0.15, 0.2) is 12.6 Å². The van der Waals surface area contributed by atoms with Crippen LogP contribution in [0.5, 0.6) is 5.75 Å². The zero-order valence-corrected chi connectivity index (χ0v) is 11.5. The number of halogens is 3. The summed E-state index contributed by atoms with van der Waals surface area (Å²) in [5, 5.41) is 0. The molecular weight excluding hydrogens is 301 g/mol. The van der Waals surface area contributed by atoms with Crippen molar-refractivity contribution in [2.24, 2.45) is 5.84 Å². The third-order valence-electron chi connectivity index (χ3n) is 2.73. The van der Waals surface area contributed by atoms with E-state index in [0.717, 1.165) is 12.1 Å². The van der Waals surface area contributed by atoms with Gasteiger partial charge in [0.25, 0.3) is 0 Å². The Labute approximate surface area is 124 Å². The van der Waals surface area contributed by atoms with Gasteiger partial charge in [0, 0.05) is 25.1 Å². The van der Waals surface area contributed by atoms with E-state index in [0.29, 0.717) is 5.56 Å². The Bertz CT molecular complexity index is 649. The van der Waals surface area contributed by atoms with E-state index in [9.17, 15) is 13.2 Å². The Balaban J connectivity index is 2.54. The normalized spacial score (nSPS) is 11.3. The summed E-state index contributed by atoms with van der Waals surface area (Å²) in [7, 11) is 1.36. The number of methoxy groups -OCH3 is 1. The molecule has 0 aliphatic carbocycles. The maximum Gasteiger partial charge on any atom is 0.416 e. The van der Waals surface area contributed by atoms with E-state index in [-0.39, 0.29) is 24.1 Å². The molecule has 0 aliphatic heterocycles. The molecule has 0 saturated heterocycles. The van der Waals surface area contributed by atoms with Crippen LogP contribution in [-0.2, 0) is 10.9 Å². The van der Waals surface area contributed by atoms with Crippen LogP contribution in [0.3, 0.4) is 0 Å². The van der Waals surface area contributed by atoms with E-state index in [1.807, 2.05) is 0 Å². The zero-order chi connectivity index (χ0) is 16.2. The molecule has 22 heavy (non-hydrogen) atoms. The molecular formula is C13H13F3N4O2. The molecule has 1 aromatic carbocycles. The first kappa shape index (κ1) is 16.0. The summed E-state index contributed by atoms with van der Waals surface area (Å²) in [5.41, 5.74) is 2.08. The first-order chi connectivity index (χ1) is 10.5. The topological polar surface area (TPSA) is 82.3 Å². The minimum absolute atomic E-state index is 0.0336. The van der Waals surface area contributed by atoms with Crippen molar-refractivity contribution in [2.75, 3.05) is 19.3 Å². The fourth-order valence-electron chi connectivity index (χ4n) is 1.78. The Kier molecular flexibility index (Phi) is 4.78. The Morgan fingerprint density at radius 3 is 2.59 bits per heavy atom. The quantitative estimate of drug-likeness (QED) is 0.501. The Hall–Kier alpha value is -2.39. The van der Waals surface area contributed by atoms with Crippen LogP contribution in [0.4, 0.5) is 19.0 Å². The van der Waals surface area contributed by atoms with Gasteiger partial charge in [-0.1, -0.05) is 0 Å². The van der Waals surface area contributed by atoms with Crippen molar-refractivity contribution in [3.63, 3.8) is 0 Å². The number of nitrogens with one attached hydrogen (secondary N) is 1. The summed E-state index contributed by atoms with van der Waals surface area (Å²) < 4.78 is 48.4. The number of benzene rings is 1. The molecule has 0 bridgehead atoms.